The van der Waals surface area contributed by atoms with Crippen molar-refractivity contribution in [2.75, 3.05) is 52.7 Å². The third-order valence-electron chi connectivity index (χ3n) is 2.83. The third kappa shape index (κ3) is 9.09. The Hall–Kier alpha value is -2.16. The molecule has 0 bridgehead atoms. The molecule has 8 heteroatoms. The van der Waals surface area contributed by atoms with E-state index in [1.165, 1.54) is 12.1 Å². The molecule has 24 heavy (non-hydrogen) atoms. The molecule has 0 spiro atoms. The maximum atomic E-state index is 11.8. The molecule has 1 aromatic rings. The number of hydrogen-bond acceptors (Lipinski definition) is 7. The monoisotopic (exact) mass is 340 g/mol. The predicted octanol–water partition coefficient (Wildman–Crippen LogP) is 0.578. The van der Waals surface area contributed by atoms with E-state index in [4.69, 9.17) is 14.2 Å². The number of phenolic OH excluding ortho intramolecular Hbond substituents is 2. The maximum absolute atomic E-state index is 11.8. The second-order valence-corrected chi connectivity index (χ2v) is 4.78. The summed E-state index contributed by atoms with van der Waals surface area (Å²) in [6, 6.07) is 3.70. The number of nitrogens with zero attached hydrogens (tertiary/aromatic N) is 1. The minimum atomic E-state index is -0.396. The smallest absolute Gasteiger partial charge is 0.251 e. The molecule has 0 saturated heterocycles. The van der Waals surface area contributed by atoms with Crippen molar-refractivity contribution in [3.05, 3.63) is 23.8 Å². The molecule has 0 aromatic heterocycles. The molecule has 0 atom stereocenters. The van der Waals surface area contributed by atoms with E-state index in [1.54, 1.807) is 0 Å². The van der Waals surface area contributed by atoms with Crippen molar-refractivity contribution < 1.29 is 29.2 Å². The number of carbonyl (C=O) groups is 1. The first-order valence-corrected chi connectivity index (χ1v) is 7.60. The highest BCUT2D eigenvalue weighted by atomic mass is 16.5. The highest BCUT2D eigenvalue weighted by Crippen LogP contribution is 2.20. The van der Waals surface area contributed by atoms with Crippen LogP contribution in [0.1, 0.15) is 10.4 Å². The molecule has 134 valence electrons. The fourth-order valence-electron chi connectivity index (χ4n) is 1.74. The molecule has 1 rings (SSSR count). The predicted molar refractivity (Wildman–Crippen MR) is 89.0 cm³/mol. The van der Waals surface area contributed by atoms with Crippen LogP contribution in [0.25, 0.3) is 0 Å². The van der Waals surface area contributed by atoms with Crippen LogP contribution < -0.4 is 5.32 Å². The Morgan fingerprint density at radius 2 is 1.50 bits per heavy atom. The standard InChI is InChI=1S/C16H24N2O6/c1-17-2-4-22-6-8-24-9-7-23-5-3-18-16(21)13-10-14(19)12-15(20)11-13/h10-12,19-20H,1-9H2,(H,18,21). The van der Waals surface area contributed by atoms with Crippen LogP contribution in [0, 0.1) is 0 Å². The van der Waals surface area contributed by atoms with Crippen molar-refractivity contribution in [2.45, 2.75) is 0 Å². The van der Waals surface area contributed by atoms with Gasteiger partial charge in [0.15, 0.2) is 0 Å². The lowest BCUT2D eigenvalue weighted by Crippen LogP contribution is -2.27. The van der Waals surface area contributed by atoms with E-state index in [0.717, 1.165) is 6.07 Å². The summed E-state index contributed by atoms with van der Waals surface area (Å²) in [6.07, 6.45) is 0. The summed E-state index contributed by atoms with van der Waals surface area (Å²) in [5.74, 6) is -0.733. The number of benzene rings is 1. The van der Waals surface area contributed by atoms with Crippen molar-refractivity contribution >= 4 is 12.6 Å². The van der Waals surface area contributed by atoms with Crippen molar-refractivity contribution in [3.63, 3.8) is 0 Å². The number of hydrogen-bond donors (Lipinski definition) is 3. The SMILES string of the molecule is C=NCCOCCOCCOCCNC(=O)c1cc(O)cc(O)c1. The fraction of sp³-hybridized carbons (Fsp3) is 0.500. The van der Waals surface area contributed by atoms with Gasteiger partial charge in [0.25, 0.3) is 5.91 Å². The normalized spacial score (nSPS) is 10.5. The zero-order chi connectivity index (χ0) is 17.6. The number of carbonyl (C=O) groups excluding carboxylic acids is 1. The molecule has 0 heterocycles. The van der Waals surface area contributed by atoms with Gasteiger partial charge in [0, 0.05) is 18.2 Å². The Balaban J connectivity index is 1.98. The second-order valence-electron chi connectivity index (χ2n) is 4.78. The van der Waals surface area contributed by atoms with Gasteiger partial charge in [0.1, 0.15) is 11.5 Å². The summed E-state index contributed by atoms with van der Waals surface area (Å²) >= 11 is 0. The van der Waals surface area contributed by atoms with Crippen LogP contribution in [-0.2, 0) is 14.2 Å². The average molecular weight is 340 g/mol. The lowest BCUT2D eigenvalue weighted by molar-refractivity contribution is 0.0166. The molecule has 1 aromatic carbocycles. The molecule has 0 aliphatic carbocycles. The highest BCUT2D eigenvalue weighted by molar-refractivity contribution is 5.95. The zero-order valence-electron chi connectivity index (χ0n) is 13.6. The van der Waals surface area contributed by atoms with Crippen LogP contribution >= 0.6 is 0 Å². The quantitative estimate of drug-likeness (QED) is 0.358. The summed E-state index contributed by atoms with van der Waals surface area (Å²) in [7, 11) is 0. The molecule has 3 N–H and O–H groups in total. The van der Waals surface area contributed by atoms with Gasteiger partial charge in [0.05, 0.1) is 46.2 Å². The van der Waals surface area contributed by atoms with Gasteiger partial charge in [-0.15, -0.1) is 0 Å². The molecule has 0 fully saturated rings. The van der Waals surface area contributed by atoms with Gasteiger partial charge < -0.3 is 29.7 Å². The van der Waals surface area contributed by atoms with E-state index in [2.05, 4.69) is 17.0 Å². The molecule has 8 nitrogen and oxygen atoms in total. The largest absolute Gasteiger partial charge is 0.508 e. The third-order valence-corrected chi connectivity index (χ3v) is 2.83. The molecule has 0 radical (unpaired) electrons. The lowest BCUT2D eigenvalue weighted by Gasteiger charge is -2.08. The van der Waals surface area contributed by atoms with Crippen LogP contribution in [0.2, 0.25) is 0 Å². The first-order valence-electron chi connectivity index (χ1n) is 7.60. The van der Waals surface area contributed by atoms with E-state index in [1.807, 2.05) is 0 Å². The van der Waals surface area contributed by atoms with E-state index in [-0.39, 0.29) is 17.1 Å². The number of amides is 1. The molecule has 0 saturated carbocycles. The summed E-state index contributed by atoms with van der Waals surface area (Å²) < 4.78 is 15.8. The second kappa shape index (κ2) is 12.3. The number of phenols is 2. The summed E-state index contributed by atoms with van der Waals surface area (Å²) in [6.45, 7) is 6.96. The Labute approximate surface area is 141 Å². The molecular formula is C16H24N2O6. The van der Waals surface area contributed by atoms with Gasteiger partial charge in [-0.05, 0) is 18.9 Å². The van der Waals surface area contributed by atoms with E-state index in [0.29, 0.717) is 52.7 Å². The van der Waals surface area contributed by atoms with Crippen LogP contribution in [0.15, 0.2) is 23.2 Å². The molecule has 0 aliphatic rings. The first-order chi connectivity index (χ1) is 11.6. The fourth-order valence-corrected chi connectivity index (χ4v) is 1.74. The Bertz CT molecular complexity index is 489. The topological polar surface area (TPSA) is 110 Å². The van der Waals surface area contributed by atoms with Crippen LogP contribution in [0.3, 0.4) is 0 Å². The minimum Gasteiger partial charge on any atom is -0.508 e. The van der Waals surface area contributed by atoms with Crippen LogP contribution in [0.4, 0.5) is 0 Å². The van der Waals surface area contributed by atoms with Gasteiger partial charge in [-0.3, -0.25) is 9.79 Å². The van der Waals surface area contributed by atoms with Crippen molar-refractivity contribution in [2.24, 2.45) is 4.99 Å². The Kier molecular flexibility index (Phi) is 10.2. The summed E-state index contributed by atoms with van der Waals surface area (Å²) in [4.78, 5) is 15.5. The number of nitrogens with one attached hydrogen (secondary N) is 1. The van der Waals surface area contributed by atoms with Crippen molar-refractivity contribution in [1.82, 2.24) is 5.32 Å². The van der Waals surface area contributed by atoms with Crippen molar-refractivity contribution in [1.29, 1.82) is 0 Å². The Morgan fingerprint density at radius 3 is 2.08 bits per heavy atom. The van der Waals surface area contributed by atoms with E-state index < -0.39 is 5.91 Å². The first kappa shape index (κ1) is 19.9. The number of aromatic hydroxyl groups is 2. The number of aliphatic imine (C=N–C) groups is 1. The Morgan fingerprint density at radius 1 is 0.958 bits per heavy atom. The maximum Gasteiger partial charge on any atom is 0.251 e. The van der Waals surface area contributed by atoms with Crippen LogP contribution in [0.5, 0.6) is 11.5 Å². The molecular weight excluding hydrogens is 316 g/mol. The number of rotatable bonds is 13. The van der Waals surface area contributed by atoms with Gasteiger partial charge in [0.2, 0.25) is 0 Å². The zero-order valence-corrected chi connectivity index (χ0v) is 13.6. The van der Waals surface area contributed by atoms with E-state index >= 15 is 0 Å². The van der Waals surface area contributed by atoms with Gasteiger partial charge in [-0.25, -0.2) is 0 Å². The van der Waals surface area contributed by atoms with Crippen molar-refractivity contribution in [3.8, 4) is 11.5 Å². The summed E-state index contributed by atoms with van der Waals surface area (Å²) in [5, 5.41) is 21.3. The number of ether oxygens (including phenoxy) is 3. The summed E-state index contributed by atoms with van der Waals surface area (Å²) in [5.41, 5.74) is 0.183. The van der Waals surface area contributed by atoms with Gasteiger partial charge in [-0.2, -0.15) is 0 Å². The van der Waals surface area contributed by atoms with Gasteiger partial charge >= 0.3 is 0 Å². The minimum absolute atomic E-state index is 0.168. The highest BCUT2D eigenvalue weighted by Gasteiger charge is 2.07. The molecule has 1 amide bonds. The van der Waals surface area contributed by atoms with Gasteiger partial charge in [-0.1, -0.05) is 0 Å². The lowest BCUT2D eigenvalue weighted by atomic mass is 10.2. The van der Waals surface area contributed by atoms with Crippen LogP contribution in [-0.4, -0.2) is 75.6 Å². The average Bonchev–Trinajstić information content (AvgIpc) is 2.54. The molecule has 0 aliphatic heterocycles. The molecule has 0 unspecified atom stereocenters. The van der Waals surface area contributed by atoms with E-state index in [9.17, 15) is 15.0 Å².